The summed E-state index contributed by atoms with van der Waals surface area (Å²) < 4.78 is 66.8. The van der Waals surface area contributed by atoms with Gasteiger partial charge in [0.25, 0.3) is 5.91 Å². The highest BCUT2D eigenvalue weighted by Gasteiger charge is 2.44. The van der Waals surface area contributed by atoms with Crippen LogP contribution in [-0.4, -0.2) is 101 Å². The molecule has 7 rings (SSSR count). The Morgan fingerprint density at radius 2 is 1.72 bits per heavy atom. The number of alkyl halides is 3. The maximum Gasteiger partial charge on any atom is 0.421 e. The van der Waals surface area contributed by atoms with E-state index in [1.54, 1.807) is 12.1 Å². The Morgan fingerprint density at radius 3 is 2.40 bits per heavy atom. The molecule has 2 atom stereocenters. The maximum absolute atomic E-state index is 13.9. The highest BCUT2D eigenvalue weighted by atomic mass is 32.2. The van der Waals surface area contributed by atoms with Crippen molar-refractivity contribution < 1.29 is 36.0 Å². The lowest BCUT2D eigenvalue weighted by molar-refractivity contribution is -0.138. The Bertz CT molecular complexity index is 2310. The number of halogens is 3. The fourth-order valence-corrected chi connectivity index (χ4v) is 7.89. The van der Waals surface area contributed by atoms with Crippen molar-refractivity contribution in [3.05, 3.63) is 89.0 Å². The van der Waals surface area contributed by atoms with Crippen molar-refractivity contribution >= 4 is 69.3 Å². The number of hydrogen-bond acceptors (Lipinski definition) is 14. The van der Waals surface area contributed by atoms with E-state index in [-0.39, 0.29) is 48.7 Å². The molecule has 2 aromatic carbocycles. The van der Waals surface area contributed by atoms with Gasteiger partial charge in [-0.3, -0.25) is 33.9 Å². The van der Waals surface area contributed by atoms with Gasteiger partial charge in [0.05, 0.1) is 12.8 Å². The summed E-state index contributed by atoms with van der Waals surface area (Å²) in [5.74, 6) is -1.78. The molecule has 57 heavy (non-hydrogen) atoms. The molecule has 4 aromatic rings. The highest BCUT2D eigenvalue weighted by molar-refractivity contribution is 7.92. The van der Waals surface area contributed by atoms with E-state index in [1.165, 1.54) is 24.3 Å². The van der Waals surface area contributed by atoms with Gasteiger partial charge < -0.3 is 20.4 Å². The average molecular weight is 826 g/mol. The number of imide groups is 1. The van der Waals surface area contributed by atoms with E-state index in [9.17, 15) is 36.0 Å². The van der Waals surface area contributed by atoms with E-state index in [1.807, 2.05) is 30.3 Å². The second-order valence-electron chi connectivity index (χ2n) is 13.8. The van der Waals surface area contributed by atoms with Gasteiger partial charge in [0.1, 0.15) is 28.5 Å². The second-order valence-corrected chi connectivity index (χ2v) is 16.3. The standard InChI is InChI=1S/C36H38F3N11O5S2/c1-47(57(2,54)55)31-27(40-11-12-41-31)19-42-30-26(36(37,38)39)18-43-35(46-30)44-22-4-6-23(7-5-22)49-15-13-48(14-16-49)20-21-3-8-24-25(17-21)33(53)50(34(24)56)28-9-10-29(51)45-32(28)52/h3-8,11-12,17-18,28,34,56H,9-10,13-16,19-20H2,1-2H3,(H,45,51,52)(H2,42,43,44,46). The fraction of sp³-hybridized carbons (Fsp3) is 0.361. The van der Waals surface area contributed by atoms with Crippen molar-refractivity contribution in [2.45, 2.75) is 43.5 Å². The normalized spacial score (nSPS) is 19.0. The highest BCUT2D eigenvalue weighted by Crippen LogP contribution is 2.40. The molecule has 5 heterocycles. The molecule has 2 unspecified atom stereocenters. The number of fused-ring (bicyclic) bond motifs is 1. The van der Waals surface area contributed by atoms with Crippen molar-refractivity contribution in [1.82, 2.24) is 35.1 Å². The Balaban J connectivity index is 0.956. The molecule has 300 valence electrons. The summed E-state index contributed by atoms with van der Waals surface area (Å²) >= 11 is 4.65. The van der Waals surface area contributed by atoms with E-state index in [2.05, 4.69) is 58.3 Å². The third-order valence-corrected chi connectivity index (χ3v) is 11.7. The van der Waals surface area contributed by atoms with Crippen LogP contribution in [0.3, 0.4) is 0 Å². The zero-order valence-corrected chi connectivity index (χ0v) is 32.4. The molecule has 3 N–H and O–H groups in total. The molecule has 3 aliphatic rings. The molecule has 0 radical (unpaired) electrons. The number of carbonyl (C=O) groups excluding carboxylic acids is 3. The predicted octanol–water partition coefficient (Wildman–Crippen LogP) is 3.55. The Hall–Kier alpha value is -5.54. The van der Waals surface area contributed by atoms with E-state index < -0.39 is 44.9 Å². The number of nitrogens with one attached hydrogen (secondary N) is 3. The summed E-state index contributed by atoms with van der Waals surface area (Å²) in [6, 6.07) is 12.3. The molecule has 0 saturated carbocycles. The topological polar surface area (TPSA) is 186 Å². The molecule has 2 aromatic heterocycles. The summed E-state index contributed by atoms with van der Waals surface area (Å²) in [4.78, 5) is 59.6. The van der Waals surface area contributed by atoms with Gasteiger partial charge in [-0.2, -0.15) is 18.2 Å². The zero-order valence-electron chi connectivity index (χ0n) is 30.7. The number of rotatable bonds is 11. The van der Waals surface area contributed by atoms with Crippen LogP contribution in [0.5, 0.6) is 0 Å². The van der Waals surface area contributed by atoms with E-state index in [4.69, 9.17) is 0 Å². The average Bonchev–Trinajstić information content (AvgIpc) is 3.41. The number of carbonyl (C=O) groups is 3. The van der Waals surface area contributed by atoms with Gasteiger partial charge in [-0.25, -0.2) is 18.4 Å². The molecular formula is C36H38F3N11O5S2. The first-order valence-corrected chi connectivity index (χ1v) is 20.2. The number of hydrogen-bond donors (Lipinski definition) is 4. The van der Waals surface area contributed by atoms with E-state index in [0.717, 1.165) is 53.6 Å². The number of benzene rings is 2. The van der Waals surface area contributed by atoms with Crippen LogP contribution in [0.2, 0.25) is 0 Å². The number of piperazine rings is 1. The maximum atomic E-state index is 13.9. The first-order chi connectivity index (χ1) is 27.1. The van der Waals surface area contributed by atoms with Gasteiger partial charge in [-0.1, -0.05) is 12.1 Å². The van der Waals surface area contributed by atoms with Gasteiger partial charge in [0, 0.05) is 81.7 Å². The first-order valence-electron chi connectivity index (χ1n) is 17.8. The number of amides is 3. The minimum Gasteiger partial charge on any atom is -0.369 e. The number of nitrogens with zero attached hydrogens (tertiary/aromatic N) is 8. The van der Waals surface area contributed by atoms with Crippen LogP contribution in [0.25, 0.3) is 0 Å². The monoisotopic (exact) mass is 825 g/mol. The van der Waals surface area contributed by atoms with Gasteiger partial charge in [-0.15, -0.1) is 12.6 Å². The number of aromatic nitrogens is 4. The van der Waals surface area contributed by atoms with Crippen LogP contribution in [0.15, 0.2) is 61.1 Å². The zero-order chi connectivity index (χ0) is 40.6. The SMILES string of the molecule is CN(c1nccnc1CNc1nc(Nc2ccc(N3CCN(Cc4ccc5c(c4)C(=O)N(C4CCC(=O)NC4=O)C5S)CC3)cc2)ncc1C(F)(F)F)S(C)(=O)=O. The third-order valence-electron chi connectivity index (χ3n) is 10.0. The third kappa shape index (κ3) is 8.59. The Labute approximate surface area is 331 Å². The molecule has 21 heteroatoms. The molecule has 3 amide bonds. The van der Waals surface area contributed by atoms with Gasteiger partial charge in [0.15, 0.2) is 5.82 Å². The molecule has 0 bridgehead atoms. The second kappa shape index (κ2) is 15.8. The molecule has 16 nitrogen and oxygen atoms in total. The van der Waals surface area contributed by atoms with Crippen LogP contribution in [0.1, 0.15) is 51.0 Å². The Kier molecular flexibility index (Phi) is 11.0. The molecular weight excluding hydrogens is 788 g/mol. The summed E-state index contributed by atoms with van der Waals surface area (Å²) in [7, 11) is -2.45. The summed E-state index contributed by atoms with van der Waals surface area (Å²) in [5, 5.41) is 7.30. The number of piperidine rings is 1. The van der Waals surface area contributed by atoms with Crippen LogP contribution < -0.4 is 25.2 Å². The van der Waals surface area contributed by atoms with Crippen molar-refractivity contribution in [3.8, 4) is 0 Å². The van der Waals surface area contributed by atoms with Crippen molar-refractivity contribution in [3.63, 3.8) is 0 Å². The minimum absolute atomic E-state index is 0.0412. The smallest absolute Gasteiger partial charge is 0.369 e. The fourth-order valence-electron chi connectivity index (χ4n) is 6.93. The summed E-state index contributed by atoms with van der Waals surface area (Å²) in [6.45, 7) is 3.26. The number of anilines is 5. The predicted molar refractivity (Wildman–Crippen MR) is 207 cm³/mol. The van der Waals surface area contributed by atoms with Crippen LogP contribution >= 0.6 is 12.6 Å². The quantitative estimate of drug-likeness (QED) is 0.127. The lowest BCUT2D eigenvalue weighted by Gasteiger charge is -2.36. The van der Waals surface area contributed by atoms with Crippen LogP contribution in [0, 0.1) is 0 Å². The molecule has 0 spiro atoms. The van der Waals surface area contributed by atoms with Crippen molar-refractivity contribution in [2.75, 3.05) is 59.3 Å². The van der Waals surface area contributed by atoms with Crippen LogP contribution in [0.4, 0.5) is 42.1 Å². The van der Waals surface area contributed by atoms with Crippen molar-refractivity contribution in [2.24, 2.45) is 0 Å². The van der Waals surface area contributed by atoms with Crippen LogP contribution in [-0.2, 0) is 38.9 Å². The molecule has 2 fully saturated rings. The lowest BCUT2D eigenvalue weighted by atomic mass is 10.0. The molecule has 2 saturated heterocycles. The summed E-state index contributed by atoms with van der Waals surface area (Å²) in [5.41, 5.74) is 2.67. The summed E-state index contributed by atoms with van der Waals surface area (Å²) in [6.07, 6.45) is -0.135. The van der Waals surface area contributed by atoms with Gasteiger partial charge >= 0.3 is 6.18 Å². The molecule has 0 aliphatic carbocycles. The van der Waals surface area contributed by atoms with E-state index >= 15 is 0 Å². The largest absolute Gasteiger partial charge is 0.421 e. The van der Waals surface area contributed by atoms with Gasteiger partial charge in [0.2, 0.25) is 27.8 Å². The lowest BCUT2D eigenvalue weighted by Crippen LogP contribution is -2.53. The minimum atomic E-state index is -4.78. The van der Waals surface area contributed by atoms with Gasteiger partial charge in [-0.05, 0) is 47.9 Å². The van der Waals surface area contributed by atoms with Crippen molar-refractivity contribution in [1.29, 1.82) is 0 Å². The number of sulfonamides is 1. The Morgan fingerprint density at radius 1 is 1.00 bits per heavy atom. The molecule has 3 aliphatic heterocycles. The first kappa shape index (κ1) is 39.7. The number of thiol groups is 1. The van der Waals surface area contributed by atoms with E-state index in [0.29, 0.717) is 24.0 Å².